The van der Waals surface area contributed by atoms with Crippen LogP contribution in [-0.4, -0.2) is 89.0 Å². The molecular weight excluding hydrogens is 402 g/mol. The van der Waals surface area contributed by atoms with E-state index in [1.54, 1.807) is 41.5 Å². The van der Waals surface area contributed by atoms with E-state index in [1.807, 2.05) is 0 Å². The molecule has 1 saturated heterocycles. The normalized spacial score (nSPS) is 27.1. The Hall–Kier alpha value is -1.99. The minimum Gasteiger partial charge on any atom is -0.444 e. The molecule has 12 nitrogen and oxygen atoms in total. The van der Waals surface area contributed by atoms with Gasteiger partial charge in [-0.3, -0.25) is 10.6 Å². The number of rotatable bonds is 3. The number of carbonyl (C=O) groups excluding carboxylic acids is 2. The van der Waals surface area contributed by atoms with Crippen molar-refractivity contribution >= 4 is 18.1 Å². The van der Waals surface area contributed by atoms with E-state index in [1.165, 1.54) is 7.11 Å². The number of aliphatic imine (C=N–C) groups is 1. The van der Waals surface area contributed by atoms with Gasteiger partial charge in [0, 0.05) is 7.11 Å². The summed E-state index contributed by atoms with van der Waals surface area (Å²) in [5.41, 5.74) is -1.65. The van der Waals surface area contributed by atoms with E-state index in [2.05, 4.69) is 15.6 Å². The second-order valence-electron chi connectivity index (χ2n) is 8.66. The summed E-state index contributed by atoms with van der Waals surface area (Å²) >= 11 is 0. The zero-order valence-electron chi connectivity index (χ0n) is 18.3. The van der Waals surface area contributed by atoms with Crippen LogP contribution in [0.1, 0.15) is 41.5 Å². The maximum atomic E-state index is 12.2. The lowest BCUT2D eigenvalue weighted by atomic mass is 9.97. The fraction of sp³-hybridized carbons (Fsp3) is 0.833. The maximum absolute atomic E-state index is 12.2. The van der Waals surface area contributed by atoms with Crippen molar-refractivity contribution in [3.63, 3.8) is 0 Å². The molecule has 1 aliphatic rings. The summed E-state index contributed by atoms with van der Waals surface area (Å²) in [4.78, 5) is 28.4. The smallest absolute Gasteiger partial charge is 0.414 e. The lowest BCUT2D eigenvalue weighted by Crippen LogP contribution is -2.59. The molecule has 1 aliphatic heterocycles. The molecule has 2 unspecified atom stereocenters. The van der Waals surface area contributed by atoms with Crippen molar-refractivity contribution in [2.45, 2.75) is 83.4 Å². The number of amides is 2. The van der Waals surface area contributed by atoms with Crippen LogP contribution >= 0.6 is 0 Å². The van der Waals surface area contributed by atoms with E-state index < -0.39 is 66.6 Å². The highest BCUT2D eigenvalue weighted by Crippen LogP contribution is 2.24. The van der Waals surface area contributed by atoms with Gasteiger partial charge in [-0.1, -0.05) is 0 Å². The van der Waals surface area contributed by atoms with Gasteiger partial charge in [0.2, 0.25) is 5.96 Å². The minimum atomic E-state index is -1.53. The van der Waals surface area contributed by atoms with Gasteiger partial charge in [0.25, 0.3) is 0 Å². The molecule has 12 heteroatoms. The van der Waals surface area contributed by atoms with Gasteiger partial charge in [-0.25, -0.2) is 14.6 Å². The van der Waals surface area contributed by atoms with E-state index in [-0.39, 0.29) is 0 Å². The highest BCUT2D eigenvalue weighted by atomic mass is 16.7. The molecule has 174 valence electrons. The van der Waals surface area contributed by atoms with Crippen LogP contribution in [0.3, 0.4) is 0 Å². The van der Waals surface area contributed by atoms with Crippen LogP contribution in [0.25, 0.3) is 0 Å². The highest BCUT2D eigenvalue weighted by Gasteiger charge is 2.45. The van der Waals surface area contributed by atoms with Crippen molar-refractivity contribution in [3.05, 3.63) is 0 Å². The Morgan fingerprint density at radius 1 is 0.967 bits per heavy atom. The van der Waals surface area contributed by atoms with Gasteiger partial charge in [-0.2, -0.15) is 0 Å². The first-order valence-corrected chi connectivity index (χ1v) is 9.40. The van der Waals surface area contributed by atoms with E-state index in [9.17, 15) is 24.9 Å². The summed E-state index contributed by atoms with van der Waals surface area (Å²) in [5.74, 6) is -0.414. The average molecular weight is 435 g/mol. The second kappa shape index (κ2) is 10.4. The van der Waals surface area contributed by atoms with Gasteiger partial charge in [0.15, 0.2) is 6.29 Å². The van der Waals surface area contributed by atoms with Gasteiger partial charge in [-0.05, 0) is 41.5 Å². The molecule has 5 N–H and O–H groups in total. The van der Waals surface area contributed by atoms with Gasteiger partial charge in [0.1, 0.15) is 35.6 Å². The third-order valence-electron chi connectivity index (χ3n) is 3.60. The van der Waals surface area contributed by atoms with Crippen LogP contribution in [0.15, 0.2) is 4.99 Å². The summed E-state index contributed by atoms with van der Waals surface area (Å²) in [7, 11) is 1.27. The summed E-state index contributed by atoms with van der Waals surface area (Å²) in [6.45, 7) is 9.33. The molecule has 0 aromatic rings. The first-order valence-electron chi connectivity index (χ1n) is 9.40. The van der Waals surface area contributed by atoms with Crippen LogP contribution in [0, 0.1) is 0 Å². The number of methoxy groups -OCH3 is 1. The first-order chi connectivity index (χ1) is 13.7. The molecule has 2 amide bonds. The van der Waals surface area contributed by atoms with Gasteiger partial charge < -0.3 is 34.3 Å². The van der Waals surface area contributed by atoms with Crippen molar-refractivity contribution in [3.8, 4) is 0 Å². The number of hydrogen-bond acceptors (Lipinski definition) is 10. The fourth-order valence-electron chi connectivity index (χ4n) is 2.44. The number of nitrogens with one attached hydrogen (secondary N) is 2. The van der Waals surface area contributed by atoms with Crippen molar-refractivity contribution in [2.75, 3.05) is 13.7 Å². The molecule has 0 radical (unpaired) electrons. The standard InChI is InChI=1S/C18H33N3O9/c1-17(2,3)29-15(25)20-14(21-16(26)30-18(4,5)6)19-10-12(24)11(23)9(8-22)28-13(10)27-7/h9-13,22-24H,8H2,1-7H3,(H2,19,20,21,25,26)/t9-,10+,11?,12-,13?/m1/s1. The second-order valence-corrected chi connectivity index (χ2v) is 8.66. The number of ether oxygens (including phenoxy) is 4. The molecule has 0 spiro atoms. The Bertz CT molecular complexity index is 593. The summed E-state index contributed by atoms with van der Waals surface area (Å²) in [6, 6.07) is -1.26. The van der Waals surface area contributed by atoms with Crippen LogP contribution in [0.2, 0.25) is 0 Å². The SMILES string of the molecule is COC1O[C@H](CO)C(O)[C@H](O)[C@@H]1N=C(NC(=O)OC(C)(C)C)NC(=O)OC(C)(C)C. The van der Waals surface area contributed by atoms with Crippen molar-refractivity contribution < 1.29 is 43.9 Å². The molecular formula is C18H33N3O9. The quantitative estimate of drug-likeness (QED) is 0.299. The van der Waals surface area contributed by atoms with Gasteiger partial charge in [-0.15, -0.1) is 0 Å². The van der Waals surface area contributed by atoms with E-state index in [0.717, 1.165) is 0 Å². The van der Waals surface area contributed by atoms with Crippen molar-refractivity contribution in [2.24, 2.45) is 4.99 Å². The predicted octanol–water partition coefficient (Wildman–Crippen LogP) is -0.154. The number of nitrogens with zero attached hydrogens (tertiary/aromatic N) is 1. The lowest BCUT2D eigenvalue weighted by Gasteiger charge is -2.39. The van der Waals surface area contributed by atoms with E-state index in [0.29, 0.717) is 0 Å². The minimum absolute atomic E-state index is 0.414. The third-order valence-corrected chi connectivity index (χ3v) is 3.60. The summed E-state index contributed by atoms with van der Waals surface area (Å²) in [5, 5.41) is 34.3. The van der Waals surface area contributed by atoms with Crippen molar-refractivity contribution in [1.82, 2.24) is 10.6 Å². The maximum Gasteiger partial charge on any atom is 0.414 e. The molecule has 1 fully saturated rings. The zero-order chi connectivity index (χ0) is 23.3. The number of aliphatic hydroxyl groups excluding tert-OH is 3. The summed E-state index contributed by atoms with van der Waals surface area (Å²) in [6.07, 6.45) is -7.15. The Kier molecular flexibility index (Phi) is 8.99. The predicted molar refractivity (Wildman–Crippen MR) is 105 cm³/mol. The molecule has 30 heavy (non-hydrogen) atoms. The number of alkyl carbamates (subject to hydrolysis) is 2. The Morgan fingerprint density at radius 3 is 1.80 bits per heavy atom. The first kappa shape index (κ1) is 26.0. The molecule has 0 saturated carbocycles. The highest BCUT2D eigenvalue weighted by molar-refractivity contribution is 6.01. The summed E-state index contributed by atoms with van der Waals surface area (Å²) < 4.78 is 20.8. The van der Waals surface area contributed by atoms with Crippen molar-refractivity contribution in [1.29, 1.82) is 0 Å². The zero-order valence-corrected chi connectivity index (χ0v) is 18.3. The Labute approximate surface area is 175 Å². The van der Waals surface area contributed by atoms with E-state index >= 15 is 0 Å². The third kappa shape index (κ3) is 8.40. The Morgan fingerprint density at radius 2 is 1.43 bits per heavy atom. The molecule has 0 aromatic heterocycles. The van der Waals surface area contributed by atoms with Gasteiger partial charge >= 0.3 is 12.2 Å². The van der Waals surface area contributed by atoms with Crippen LogP contribution < -0.4 is 10.6 Å². The number of hydrogen-bond donors (Lipinski definition) is 5. The molecule has 1 rings (SSSR count). The monoisotopic (exact) mass is 435 g/mol. The van der Waals surface area contributed by atoms with Gasteiger partial charge in [0.05, 0.1) is 6.61 Å². The molecule has 5 atom stereocenters. The average Bonchev–Trinajstić information content (AvgIpc) is 2.55. The number of aliphatic hydroxyl groups is 3. The molecule has 0 aromatic carbocycles. The fourth-order valence-corrected chi connectivity index (χ4v) is 2.44. The number of carbonyl (C=O) groups is 2. The largest absolute Gasteiger partial charge is 0.444 e. The van der Waals surface area contributed by atoms with E-state index in [4.69, 9.17) is 18.9 Å². The topological polar surface area (TPSA) is 168 Å². The lowest BCUT2D eigenvalue weighted by molar-refractivity contribution is -0.257. The molecule has 1 heterocycles. The van der Waals surface area contributed by atoms with Crippen LogP contribution in [-0.2, 0) is 18.9 Å². The van der Waals surface area contributed by atoms with Crippen LogP contribution in [0.5, 0.6) is 0 Å². The molecule has 0 aliphatic carbocycles. The Balaban J connectivity index is 3.15. The van der Waals surface area contributed by atoms with Crippen LogP contribution in [0.4, 0.5) is 9.59 Å². The molecule has 0 bridgehead atoms. The number of guanidine groups is 1.